The summed E-state index contributed by atoms with van der Waals surface area (Å²) >= 11 is 0. The lowest BCUT2D eigenvalue weighted by molar-refractivity contribution is 0.0339. The number of H-pyrrole nitrogens is 1. The van der Waals surface area contributed by atoms with Gasteiger partial charge in [-0.15, -0.1) is 0 Å². The molecule has 1 unspecified atom stereocenters. The van der Waals surface area contributed by atoms with E-state index in [4.69, 9.17) is 4.74 Å². The van der Waals surface area contributed by atoms with Gasteiger partial charge in [0.25, 0.3) is 0 Å². The standard InChI is InChI=1S/C26H25NO/c1-2-7-24-26-22(16-17-28-24)25-21(10-6-11-23(25)27-26)20-14-12-19(13-15-20)18-8-4-3-5-9-18/h3-6,8-15,24,27H,2,7,16-17H2,1H3. The fourth-order valence-corrected chi connectivity index (χ4v) is 4.46. The number of nitrogens with one attached hydrogen (secondary N) is 1. The Balaban J connectivity index is 1.60. The first-order valence-corrected chi connectivity index (χ1v) is 10.3. The maximum Gasteiger partial charge on any atom is 0.0975 e. The molecule has 1 aliphatic heterocycles. The van der Waals surface area contributed by atoms with Crippen LogP contribution in [0.15, 0.2) is 72.8 Å². The van der Waals surface area contributed by atoms with Gasteiger partial charge < -0.3 is 9.72 Å². The lowest BCUT2D eigenvalue weighted by Crippen LogP contribution is -2.15. The average molecular weight is 367 g/mol. The maximum atomic E-state index is 6.05. The van der Waals surface area contributed by atoms with E-state index in [-0.39, 0.29) is 6.10 Å². The molecule has 0 bridgehead atoms. The molecule has 2 nitrogen and oxygen atoms in total. The highest BCUT2D eigenvalue weighted by atomic mass is 16.5. The third-order valence-electron chi connectivity index (χ3n) is 5.81. The number of aromatic amines is 1. The molecular formula is C26H25NO. The van der Waals surface area contributed by atoms with Crippen LogP contribution in [0.25, 0.3) is 33.2 Å². The summed E-state index contributed by atoms with van der Waals surface area (Å²) in [5.41, 5.74) is 9.05. The van der Waals surface area contributed by atoms with Crippen LogP contribution >= 0.6 is 0 Å². The molecule has 1 aliphatic rings. The Morgan fingerprint density at radius 3 is 2.39 bits per heavy atom. The first-order chi connectivity index (χ1) is 13.8. The Labute approximate surface area is 166 Å². The summed E-state index contributed by atoms with van der Waals surface area (Å²) in [6.45, 7) is 3.03. The van der Waals surface area contributed by atoms with E-state index in [9.17, 15) is 0 Å². The van der Waals surface area contributed by atoms with Crippen molar-refractivity contribution in [2.24, 2.45) is 0 Å². The Morgan fingerprint density at radius 2 is 1.61 bits per heavy atom. The van der Waals surface area contributed by atoms with E-state index in [1.54, 1.807) is 0 Å². The van der Waals surface area contributed by atoms with E-state index < -0.39 is 0 Å². The van der Waals surface area contributed by atoms with Crippen molar-refractivity contribution in [3.63, 3.8) is 0 Å². The van der Waals surface area contributed by atoms with Gasteiger partial charge in [0.05, 0.1) is 12.7 Å². The zero-order valence-corrected chi connectivity index (χ0v) is 16.2. The van der Waals surface area contributed by atoms with Crippen molar-refractivity contribution in [1.29, 1.82) is 0 Å². The van der Waals surface area contributed by atoms with Gasteiger partial charge in [0.15, 0.2) is 0 Å². The van der Waals surface area contributed by atoms with Crippen LogP contribution in [0.5, 0.6) is 0 Å². The minimum absolute atomic E-state index is 0.203. The predicted molar refractivity (Wildman–Crippen MR) is 116 cm³/mol. The van der Waals surface area contributed by atoms with Crippen LogP contribution in [0, 0.1) is 0 Å². The van der Waals surface area contributed by atoms with Gasteiger partial charge in [0.1, 0.15) is 0 Å². The molecule has 0 fully saturated rings. The Morgan fingerprint density at radius 1 is 0.857 bits per heavy atom. The summed E-state index contributed by atoms with van der Waals surface area (Å²) in [6.07, 6.45) is 3.39. The van der Waals surface area contributed by atoms with Gasteiger partial charge in [-0.1, -0.05) is 80.1 Å². The minimum Gasteiger partial charge on any atom is -0.372 e. The Kier molecular flexibility index (Phi) is 4.50. The number of benzene rings is 3. The number of rotatable bonds is 4. The number of ether oxygens (including phenoxy) is 1. The van der Waals surface area contributed by atoms with Crippen molar-refractivity contribution in [2.45, 2.75) is 32.3 Å². The van der Waals surface area contributed by atoms with Crippen molar-refractivity contribution in [3.05, 3.63) is 84.1 Å². The lowest BCUT2D eigenvalue weighted by Gasteiger charge is -2.23. The molecular weight excluding hydrogens is 342 g/mol. The molecule has 1 N–H and O–H groups in total. The number of aromatic nitrogens is 1. The molecule has 0 radical (unpaired) electrons. The molecule has 0 saturated heterocycles. The van der Waals surface area contributed by atoms with Crippen LogP contribution in [-0.2, 0) is 11.2 Å². The van der Waals surface area contributed by atoms with Crippen molar-refractivity contribution in [1.82, 2.24) is 4.98 Å². The normalized spacial score (nSPS) is 16.2. The minimum atomic E-state index is 0.203. The summed E-state index contributed by atoms with van der Waals surface area (Å²) in [5.74, 6) is 0. The molecule has 4 aromatic rings. The first kappa shape index (κ1) is 17.3. The van der Waals surface area contributed by atoms with Gasteiger partial charge in [-0.25, -0.2) is 0 Å². The molecule has 2 heterocycles. The van der Waals surface area contributed by atoms with Crippen molar-refractivity contribution < 1.29 is 4.74 Å². The summed E-state index contributed by atoms with van der Waals surface area (Å²) in [6, 6.07) is 26.1. The van der Waals surface area contributed by atoms with E-state index >= 15 is 0 Å². The molecule has 0 spiro atoms. The van der Waals surface area contributed by atoms with E-state index in [0.29, 0.717) is 0 Å². The summed E-state index contributed by atoms with van der Waals surface area (Å²) < 4.78 is 6.05. The van der Waals surface area contributed by atoms with Gasteiger partial charge in [0, 0.05) is 16.6 Å². The zero-order chi connectivity index (χ0) is 18.9. The van der Waals surface area contributed by atoms with Crippen LogP contribution in [-0.4, -0.2) is 11.6 Å². The second-order valence-electron chi connectivity index (χ2n) is 7.59. The van der Waals surface area contributed by atoms with Crippen LogP contribution in [0.4, 0.5) is 0 Å². The van der Waals surface area contributed by atoms with Crippen molar-refractivity contribution >= 4 is 10.9 Å². The smallest absolute Gasteiger partial charge is 0.0975 e. The maximum absolute atomic E-state index is 6.05. The third kappa shape index (κ3) is 2.94. The summed E-state index contributed by atoms with van der Waals surface area (Å²) in [7, 11) is 0. The number of hydrogen-bond donors (Lipinski definition) is 1. The number of hydrogen-bond acceptors (Lipinski definition) is 1. The van der Waals surface area contributed by atoms with Gasteiger partial charge >= 0.3 is 0 Å². The van der Waals surface area contributed by atoms with E-state index in [1.165, 1.54) is 44.4 Å². The monoisotopic (exact) mass is 367 g/mol. The van der Waals surface area contributed by atoms with Crippen molar-refractivity contribution in [3.8, 4) is 22.3 Å². The third-order valence-corrected chi connectivity index (χ3v) is 5.81. The molecule has 0 amide bonds. The van der Waals surface area contributed by atoms with Crippen LogP contribution in [0.1, 0.15) is 37.1 Å². The average Bonchev–Trinajstić information content (AvgIpc) is 3.15. The van der Waals surface area contributed by atoms with Gasteiger partial charge in [-0.2, -0.15) is 0 Å². The SMILES string of the molecule is CCCC1OCCc2c1[nH]c1cccc(-c3ccc(-c4ccccc4)cc3)c21. The molecule has 0 saturated carbocycles. The Bertz CT molecular complexity index is 1090. The fraction of sp³-hybridized carbons (Fsp3) is 0.231. The van der Waals surface area contributed by atoms with E-state index in [0.717, 1.165) is 25.9 Å². The molecule has 5 rings (SSSR count). The lowest BCUT2D eigenvalue weighted by atomic mass is 9.93. The van der Waals surface area contributed by atoms with Crippen LogP contribution in [0.2, 0.25) is 0 Å². The number of fused-ring (bicyclic) bond motifs is 3. The highest BCUT2D eigenvalue weighted by Gasteiger charge is 2.25. The highest BCUT2D eigenvalue weighted by molar-refractivity contribution is 5.99. The van der Waals surface area contributed by atoms with Crippen LogP contribution < -0.4 is 0 Å². The largest absolute Gasteiger partial charge is 0.372 e. The molecule has 2 heteroatoms. The molecule has 0 aliphatic carbocycles. The van der Waals surface area contributed by atoms with E-state index in [2.05, 4.69) is 84.7 Å². The highest BCUT2D eigenvalue weighted by Crippen LogP contribution is 2.39. The predicted octanol–water partition coefficient (Wildman–Crippen LogP) is 6.92. The molecule has 140 valence electrons. The van der Waals surface area contributed by atoms with E-state index in [1.807, 2.05) is 0 Å². The quantitative estimate of drug-likeness (QED) is 0.416. The molecule has 3 aromatic carbocycles. The van der Waals surface area contributed by atoms with Gasteiger partial charge in [-0.3, -0.25) is 0 Å². The Hall–Kier alpha value is -2.84. The molecule has 28 heavy (non-hydrogen) atoms. The topological polar surface area (TPSA) is 25.0 Å². The zero-order valence-electron chi connectivity index (χ0n) is 16.2. The van der Waals surface area contributed by atoms with Gasteiger partial charge in [-0.05, 0) is 46.7 Å². The molecule has 1 aromatic heterocycles. The van der Waals surface area contributed by atoms with Gasteiger partial charge in [0.2, 0.25) is 0 Å². The fourth-order valence-electron chi connectivity index (χ4n) is 4.46. The molecule has 1 atom stereocenters. The summed E-state index contributed by atoms with van der Waals surface area (Å²) in [4.78, 5) is 3.67. The first-order valence-electron chi connectivity index (χ1n) is 10.3. The second-order valence-corrected chi connectivity index (χ2v) is 7.59. The summed E-state index contributed by atoms with van der Waals surface area (Å²) in [5, 5.41) is 1.37. The van der Waals surface area contributed by atoms with Crippen molar-refractivity contribution in [2.75, 3.05) is 6.61 Å². The second kappa shape index (κ2) is 7.29. The van der Waals surface area contributed by atoms with Crippen LogP contribution in [0.3, 0.4) is 0 Å².